The van der Waals surface area contributed by atoms with Gasteiger partial charge in [0.05, 0.1) is 0 Å². The van der Waals surface area contributed by atoms with E-state index in [0.29, 0.717) is 28.2 Å². The first-order chi connectivity index (χ1) is 12.7. The molecule has 0 spiro atoms. The lowest BCUT2D eigenvalue weighted by molar-refractivity contribution is 0.102. The van der Waals surface area contributed by atoms with E-state index < -0.39 is 0 Å². The van der Waals surface area contributed by atoms with Crippen LogP contribution in [0, 0.1) is 12.3 Å². The Morgan fingerprint density at radius 3 is 2.48 bits per heavy atom. The monoisotopic (exact) mass is 382 g/mol. The fourth-order valence-electron chi connectivity index (χ4n) is 3.11. The number of carbonyl (C=O) groups excluding carboxylic acids is 1. The van der Waals surface area contributed by atoms with Crippen molar-refractivity contribution in [3.8, 4) is 0 Å². The fraction of sp³-hybridized carbons (Fsp3) is 0.273. The highest BCUT2D eigenvalue weighted by Crippen LogP contribution is 2.24. The first kappa shape index (κ1) is 19.2. The first-order valence-corrected chi connectivity index (χ1v) is 9.24. The van der Waals surface area contributed by atoms with E-state index in [1.807, 2.05) is 13.0 Å². The number of rotatable bonds is 3. The molecular formula is C22H23ClN2O2. The van der Waals surface area contributed by atoms with Gasteiger partial charge in [0.2, 0.25) is 0 Å². The zero-order chi connectivity index (χ0) is 19.8. The number of carbonyl (C=O) groups is 1. The van der Waals surface area contributed by atoms with Crippen molar-refractivity contribution >= 4 is 34.0 Å². The van der Waals surface area contributed by atoms with Crippen LogP contribution in [0.1, 0.15) is 36.7 Å². The van der Waals surface area contributed by atoms with Gasteiger partial charge in [-0.25, -0.2) is 0 Å². The summed E-state index contributed by atoms with van der Waals surface area (Å²) < 4.78 is 1.72. The van der Waals surface area contributed by atoms with E-state index in [4.69, 9.17) is 11.6 Å². The lowest BCUT2D eigenvalue weighted by atomic mass is 9.96. The zero-order valence-corrected chi connectivity index (χ0v) is 16.7. The highest BCUT2D eigenvalue weighted by atomic mass is 35.5. The second-order valence-electron chi connectivity index (χ2n) is 7.94. The molecule has 0 saturated carbocycles. The fourth-order valence-corrected chi connectivity index (χ4v) is 3.28. The van der Waals surface area contributed by atoms with Gasteiger partial charge in [-0.05, 0) is 48.2 Å². The van der Waals surface area contributed by atoms with Crippen LogP contribution in [0.25, 0.3) is 10.8 Å². The summed E-state index contributed by atoms with van der Waals surface area (Å²) in [5, 5.41) is 4.77. The molecule has 27 heavy (non-hydrogen) atoms. The van der Waals surface area contributed by atoms with E-state index in [1.165, 1.54) is 0 Å². The highest BCUT2D eigenvalue weighted by molar-refractivity contribution is 6.32. The second-order valence-corrected chi connectivity index (χ2v) is 8.35. The molecule has 5 heteroatoms. The number of benzene rings is 2. The summed E-state index contributed by atoms with van der Waals surface area (Å²) >= 11 is 6.12. The number of anilines is 1. The van der Waals surface area contributed by atoms with Gasteiger partial charge in [0.25, 0.3) is 11.5 Å². The van der Waals surface area contributed by atoms with E-state index in [1.54, 1.807) is 47.2 Å². The molecule has 0 saturated heterocycles. The Balaban J connectivity index is 2.01. The maximum atomic E-state index is 12.8. The Hall–Kier alpha value is -2.59. The molecule has 0 atom stereocenters. The third kappa shape index (κ3) is 4.06. The van der Waals surface area contributed by atoms with E-state index in [9.17, 15) is 9.59 Å². The van der Waals surface area contributed by atoms with Crippen molar-refractivity contribution in [2.45, 2.75) is 34.2 Å². The molecule has 0 radical (unpaired) electrons. The summed E-state index contributed by atoms with van der Waals surface area (Å²) in [6.45, 7) is 8.71. The molecule has 1 N–H and O–H groups in total. The van der Waals surface area contributed by atoms with Gasteiger partial charge < -0.3 is 9.88 Å². The number of nitrogens with zero attached hydrogens (tertiary/aromatic N) is 1. The molecule has 3 aromatic rings. The first-order valence-electron chi connectivity index (χ1n) is 8.86. The van der Waals surface area contributed by atoms with Gasteiger partial charge in [-0.3, -0.25) is 9.59 Å². The van der Waals surface area contributed by atoms with Crippen LogP contribution in [-0.4, -0.2) is 10.5 Å². The number of hydrogen-bond donors (Lipinski definition) is 1. The lowest BCUT2D eigenvalue weighted by Gasteiger charge is -2.20. The third-order valence-corrected chi connectivity index (χ3v) is 4.83. The molecule has 2 aromatic carbocycles. The van der Waals surface area contributed by atoms with Crippen LogP contribution in [0.15, 0.2) is 53.5 Å². The van der Waals surface area contributed by atoms with Crippen molar-refractivity contribution in [1.29, 1.82) is 0 Å². The number of nitrogens with one attached hydrogen (secondary N) is 1. The van der Waals surface area contributed by atoms with Crippen LogP contribution in [0.4, 0.5) is 5.69 Å². The molecule has 1 heterocycles. The van der Waals surface area contributed by atoms with Gasteiger partial charge in [0, 0.05) is 39.8 Å². The van der Waals surface area contributed by atoms with Gasteiger partial charge in [-0.15, -0.1) is 0 Å². The number of aromatic nitrogens is 1. The lowest BCUT2D eigenvalue weighted by Crippen LogP contribution is -2.26. The smallest absolute Gasteiger partial charge is 0.258 e. The van der Waals surface area contributed by atoms with Gasteiger partial charge in [-0.2, -0.15) is 0 Å². The highest BCUT2D eigenvalue weighted by Gasteiger charge is 2.16. The van der Waals surface area contributed by atoms with Crippen molar-refractivity contribution in [3.05, 3.63) is 75.2 Å². The maximum Gasteiger partial charge on any atom is 0.258 e. The van der Waals surface area contributed by atoms with Crippen LogP contribution in [0.2, 0.25) is 5.02 Å². The number of halogens is 1. The molecule has 4 nitrogen and oxygen atoms in total. The van der Waals surface area contributed by atoms with Crippen molar-refractivity contribution < 1.29 is 4.79 Å². The zero-order valence-electron chi connectivity index (χ0n) is 16.0. The Labute approximate surface area is 163 Å². The van der Waals surface area contributed by atoms with Crippen LogP contribution >= 0.6 is 11.6 Å². The molecule has 0 aliphatic heterocycles. The summed E-state index contributed by atoms with van der Waals surface area (Å²) in [6.07, 6.45) is 1.79. The SMILES string of the molecule is Cc1c(Cl)cccc1C(=O)Nc1cccc2c(=O)n(CC(C)(C)C)ccc12. The minimum absolute atomic E-state index is 0.00651. The average molecular weight is 383 g/mol. The Morgan fingerprint density at radius 1 is 1.07 bits per heavy atom. The molecule has 0 bridgehead atoms. The van der Waals surface area contributed by atoms with Crippen LogP contribution in [0.5, 0.6) is 0 Å². The Morgan fingerprint density at radius 2 is 1.78 bits per heavy atom. The molecule has 0 aliphatic rings. The maximum absolute atomic E-state index is 12.8. The number of amides is 1. The number of hydrogen-bond acceptors (Lipinski definition) is 2. The third-order valence-electron chi connectivity index (χ3n) is 4.42. The molecule has 0 fully saturated rings. The predicted octanol–water partition coefficient (Wildman–Crippen LogP) is 5.26. The predicted molar refractivity (Wildman–Crippen MR) is 112 cm³/mol. The largest absolute Gasteiger partial charge is 0.321 e. The van der Waals surface area contributed by atoms with Crippen molar-refractivity contribution in [2.24, 2.45) is 5.41 Å². The van der Waals surface area contributed by atoms with E-state index in [2.05, 4.69) is 26.1 Å². The van der Waals surface area contributed by atoms with Gasteiger partial charge in [-0.1, -0.05) is 44.5 Å². The minimum Gasteiger partial charge on any atom is -0.321 e. The minimum atomic E-state index is -0.249. The van der Waals surface area contributed by atoms with Crippen molar-refractivity contribution in [2.75, 3.05) is 5.32 Å². The molecule has 0 unspecified atom stereocenters. The summed E-state index contributed by atoms with van der Waals surface area (Å²) in [5.74, 6) is -0.249. The van der Waals surface area contributed by atoms with Crippen molar-refractivity contribution in [1.82, 2.24) is 4.57 Å². The second kappa shape index (κ2) is 7.20. The van der Waals surface area contributed by atoms with Gasteiger partial charge in [0.15, 0.2) is 0 Å². The van der Waals surface area contributed by atoms with Gasteiger partial charge in [0.1, 0.15) is 0 Å². The summed E-state index contributed by atoms with van der Waals surface area (Å²) in [5.41, 5.74) is 1.78. The van der Waals surface area contributed by atoms with E-state index >= 15 is 0 Å². The van der Waals surface area contributed by atoms with E-state index in [-0.39, 0.29) is 16.9 Å². The van der Waals surface area contributed by atoms with E-state index in [0.717, 1.165) is 10.9 Å². The molecule has 1 amide bonds. The Bertz CT molecular complexity index is 1080. The molecule has 0 aliphatic carbocycles. The molecule has 3 rings (SSSR count). The Kier molecular flexibility index (Phi) is 5.11. The quantitative estimate of drug-likeness (QED) is 0.671. The average Bonchev–Trinajstić information content (AvgIpc) is 2.59. The number of pyridine rings is 1. The molecular weight excluding hydrogens is 360 g/mol. The summed E-state index contributed by atoms with van der Waals surface area (Å²) in [7, 11) is 0. The molecule has 140 valence electrons. The van der Waals surface area contributed by atoms with Gasteiger partial charge >= 0.3 is 0 Å². The molecule has 1 aromatic heterocycles. The van der Waals surface area contributed by atoms with Crippen LogP contribution in [0.3, 0.4) is 0 Å². The van der Waals surface area contributed by atoms with Crippen molar-refractivity contribution in [3.63, 3.8) is 0 Å². The topological polar surface area (TPSA) is 51.1 Å². The number of fused-ring (bicyclic) bond motifs is 1. The van der Waals surface area contributed by atoms with Crippen LogP contribution < -0.4 is 10.9 Å². The van der Waals surface area contributed by atoms with Crippen LogP contribution in [-0.2, 0) is 6.54 Å². The normalized spacial score (nSPS) is 11.6. The summed E-state index contributed by atoms with van der Waals surface area (Å²) in [6, 6.07) is 12.5. The summed E-state index contributed by atoms with van der Waals surface area (Å²) in [4.78, 5) is 25.6. The standard InChI is InChI=1S/C22H23ClN2O2/c1-14-15(7-5-9-18(14)23)20(26)24-19-10-6-8-17-16(19)11-12-25(21(17)27)13-22(2,3)4/h5-12H,13H2,1-4H3,(H,24,26).